The number of hydrogen-bond donors (Lipinski definition) is 0. The molecule has 1 unspecified atom stereocenters. The monoisotopic (exact) mass is 394 g/mol. The van der Waals surface area contributed by atoms with Crippen molar-refractivity contribution in [1.82, 2.24) is 9.55 Å². The van der Waals surface area contributed by atoms with Gasteiger partial charge in [-0.25, -0.2) is 13.6 Å². The number of halogens is 7. The summed E-state index contributed by atoms with van der Waals surface area (Å²) in [4.78, 5) is 3.66. The van der Waals surface area contributed by atoms with E-state index in [4.69, 9.17) is 34.8 Å². The van der Waals surface area contributed by atoms with Crippen molar-refractivity contribution in [3.63, 3.8) is 0 Å². The van der Waals surface area contributed by atoms with Crippen LogP contribution in [0, 0.1) is 0 Å². The molecule has 0 radical (unpaired) electrons. The van der Waals surface area contributed by atoms with Gasteiger partial charge in [-0.05, 0) is 12.1 Å². The summed E-state index contributed by atoms with van der Waals surface area (Å²) in [6.45, 7) is 0. The van der Waals surface area contributed by atoms with Gasteiger partial charge in [0.2, 0.25) is 5.16 Å². The van der Waals surface area contributed by atoms with Crippen LogP contribution in [0.15, 0.2) is 23.5 Å². The molecule has 0 N–H and O–H groups in total. The van der Waals surface area contributed by atoms with E-state index in [-0.39, 0.29) is 26.0 Å². The van der Waals surface area contributed by atoms with Gasteiger partial charge in [-0.1, -0.05) is 34.8 Å². The first kappa shape index (κ1) is 17.5. The Kier molecular flexibility index (Phi) is 5.06. The molecule has 1 aromatic heterocycles. The maximum Gasteiger partial charge on any atom is 0.416 e. The molecule has 0 fully saturated rings. The highest BCUT2D eigenvalue weighted by Gasteiger charge is 2.32. The fourth-order valence-electron chi connectivity index (χ4n) is 1.66. The Hall–Kier alpha value is -0.830. The fraction of sp³-hybridized carbons (Fsp3) is 0.182. The minimum Gasteiger partial charge on any atom is -0.288 e. The van der Waals surface area contributed by atoms with E-state index in [0.29, 0.717) is 12.1 Å². The standard InChI is InChI=1S/C11H5Cl3F4N2OS/c12-6-1-5(11(16,17)18)2-7(13)9(6)20-3-8(14)19-10(20)22(21)4-15/h1-3H,4H2. The van der Waals surface area contributed by atoms with Crippen LogP contribution in [-0.4, -0.2) is 19.8 Å². The Morgan fingerprint density at radius 1 is 1.18 bits per heavy atom. The van der Waals surface area contributed by atoms with Gasteiger partial charge in [0, 0.05) is 6.20 Å². The van der Waals surface area contributed by atoms with Crippen LogP contribution in [0.5, 0.6) is 0 Å². The molecule has 11 heteroatoms. The molecule has 0 aliphatic rings. The van der Waals surface area contributed by atoms with Crippen molar-refractivity contribution >= 4 is 45.6 Å². The Morgan fingerprint density at radius 2 is 1.73 bits per heavy atom. The second-order valence-corrected chi connectivity index (χ2v) is 6.43. The third-order valence-corrected chi connectivity index (χ3v) is 4.18. The van der Waals surface area contributed by atoms with Crippen molar-refractivity contribution in [2.24, 2.45) is 0 Å². The summed E-state index contributed by atoms with van der Waals surface area (Å²) in [6.07, 6.45) is -3.51. The van der Waals surface area contributed by atoms with Gasteiger partial charge in [-0.3, -0.25) is 4.57 Å². The Bertz CT molecular complexity index is 724. The molecule has 0 bridgehead atoms. The van der Waals surface area contributed by atoms with E-state index in [1.165, 1.54) is 0 Å². The summed E-state index contributed by atoms with van der Waals surface area (Å²) in [6, 6.07) is 0.0564. The second kappa shape index (κ2) is 6.35. The van der Waals surface area contributed by atoms with Crippen molar-refractivity contribution < 1.29 is 21.8 Å². The van der Waals surface area contributed by atoms with Gasteiger partial charge in [0.25, 0.3) is 0 Å². The number of nitrogens with zero attached hydrogens (tertiary/aromatic N) is 2. The minimum absolute atomic E-state index is 0.118. The van der Waals surface area contributed by atoms with Gasteiger partial charge in [0.1, 0.15) is 16.0 Å². The quantitative estimate of drug-likeness (QED) is 0.694. The zero-order valence-electron chi connectivity index (χ0n) is 10.3. The van der Waals surface area contributed by atoms with Crippen LogP contribution in [0.4, 0.5) is 17.6 Å². The maximum atomic E-state index is 12.7. The molecule has 1 aromatic carbocycles. The van der Waals surface area contributed by atoms with Crippen molar-refractivity contribution in [3.05, 3.63) is 39.1 Å². The molecule has 0 saturated carbocycles. The zero-order chi connectivity index (χ0) is 16.7. The molecule has 2 rings (SSSR count). The molecule has 0 saturated heterocycles. The van der Waals surface area contributed by atoms with E-state index in [0.717, 1.165) is 10.8 Å². The van der Waals surface area contributed by atoms with Gasteiger partial charge >= 0.3 is 6.18 Å². The van der Waals surface area contributed by atoms with Gasteiger partial charge in [0.05, 0.1) is 21.3 Å². The van der Waals surface area contributed by atoms with E-state index in [9.17, 15) is 21.8 Å². The number of imidazole rings is 1. The lowest BCUT2D eigenvalue weighted by molar-refractivity contribution is -0.137. The second-order valence-electron chi connectivity index (χ2n) is 3.96. The summed E-state index contributed by atoms with van der Waals surface area (Å²) in [5.74, 6) is 0. The maximum absolute atomic E-state index is 12.7. The van der Waals surface area contributed by atoms with Gasteiger partial charge < -0.3 is 0 Å². The third-order valence-electron chi connectivity index (χ3n) is 2.53. The SMILES string of the molecule is O=S(CF)c1nc(Cl)cn1-c1c(Cl)cc(C(F)(F)F)cc1Cl. The summed E-state index contributed by atoms with van der Waals surface area (Å²) >= 11 is 17.3. The van der Waals surface area contributed by atoms with Crippen molar-refractivity contribution in [1.29, 1.82) is 0 Å². The van der Waals surface area contributed by atoms with Crippen molar-refractivity contribution in [3.8, 4) is 5.69 Å². The predicted molar refractivity (Wildman–Crippen MR) is 76.0 cm³/mol. The molecule has 3 nitrogen and oxygen atoms in total. The summed E-state index contributed by atoms with van der Waals surface area (Å²) in [7, 11) is -2.16. The first-order chi connectivity index (χ1) is 10.1. The minimum atomic E-state index is -4.64. The Balaban J connectivity index is 2.67. The highest BCUT2D eigenvalue weighted by molar-refractivity contribution is 7.84. The van der Waals surface area contributed by atoms with Crippen LogP contribution >= 0.6 is 34.8 Å². The molecular formula is C11H5Cl3F4N2OS. The number of aromatic nitrogens is 2. The fourth-order valence-corrected chi connectivity index (χ4v) is 3.22. The summed E-state index contributed by atoms with van der Waals surface area (Å²) in [5, 5.41) is -1.18. The van der Waals surface area contributed by atoms with Crippen LogP contribution in [0.25, 0.3) is 5.69 Å². The normalized spacial score (nSPS) is 13.4. The Labute approximate surface area is 139 Å². The van der Waals surface area contributed by atoms with Crippen LogP contribution < -0.4 is 0 Å². The molecule has 1 heterocycles. The molecule has 1 atom stereocenters. The molecule has 120 valence electrons. The molecule has 22 heavy (non-hydrogen) atoms. The van der Waals surface area contributed by atoms with Crippen LogP contribution in [0.3, 0.4) is 0 Å². The number of alkyl halides is 4. The average Bonchev–Trinajstić information content (AvgIpc) is 2.77. The van der Waals surface area contributed by atoms with E-state index in [2.05, 4.69) is 4.98 Å². The molecule has 0 spiro atoms. The summed E-state index contributed by atoms with van der Waals surface area (Å²) in [5.41, 5.74) is -1.17. The largest absolute Gasteiger partial charge is 0.416 e. The Morgan fingerprint density at radius 3 is 2.18 bits per heavy atom. The van der Waals surface area contributed by atoms with E-state index in [1.807, 2.05) is 0 Å². The predicted octanol–water partition coefficient (Wildman–Crippen LogP) is 4.89. The average molecular weight is 396 g/mol. The number of benzene rings is 1. The highest BCUT2D eigenvalue weighted by Crippen LogP contribution is 2.38. The van der Waals surface area contributed by atoms with Crippen LogP contribution in [-0.2, 0) is 17.0 Å². The molecule has 0 aliphatic heterocycles. The van der Waals surface area contributed by atoms with Gasteiger partial charge in [0.15, 0.2) is 6.01 Å². The summed E-state index contributed by atoms with van der Waals surface area (Å²) < 4.78 is 63.3. The lowest BCUT2D eigenvalue weighted by atomic mass is 10.2. The number of hydrogen-bond acceptors (Lipinski definition) is 2. The highest BCUT2D eigenvalue weighted by atomic mass is 35.5. The van der Waals surface area contributed by atoms with Crippen molar-refractivity contribution in [2.75, 3.05) is 6.01 Å². The smallest absolute Gasteiger partial charge is 0.288 e. The number of rotatable bonds is 3. The molecular weight excluding hydrogens is 391 g/mol. The molecule has 0 aliphatic carbocycles. The topological polar surface area (TPSA) is 34.9 Å². The lowest BCUT2D eigenvalue weighted by Gasteiger charge is -2.14. The van der Waals surface area contributed by atoms with Crippen LogP contribution in [0.1, 0.15) is 5.56 Å². The first-order valence-corrected chi connectivity index (χ1v) is 7.86. The third kappa shape index (κ3) is 3.40. The van der Waals surface area contributed by atoms with E-state index >= 15 is 0 Å². The molecule has 0 amide bonds. The van der Waals surface area contributed by atoms with Crippen molar-refractivity contribution in [2.45, 2.75) is 11.3 Å². The molecule has 2 aromatic rings. The first-order valence-electron chi connectivity index (χ1n) is 5.41. The van der Waals surface area contributed by atoms with E-state index in [1.54, 1.807) is 0 Å². The zero-order valence-corrected chi connectivity index (χ0v) is 13.4. The van der Waals surface area contributed by atoms with Gasteiger partial charge in [-0.2, -0.15) is 13.2 Å². The van der Waals surface area contributed by atoms with Crippen LogP contribution in [0.2, 0.25) is 15.2 Å². The van der Waals surface area contributed by atoms with E-state index < -0.39 is 28.5 Å². The lowest BCUT2D eigenvalue weighted by Crippen LogP contribution is -2.09. The van der Waals surface area contributed by atoms with Gasteiger partial charge in [-0.15, -0.1) is 0 Å².